The first kappa shape index (κ1) is 28.7. The first-order valence-corrected chi connectivity index (χ1v) is 13.3. The van der Waals surface area contributed by atoms with Gasteiger partial charge in [0, 0.05) is 17.3 Å². The molecule has 2 unspecified atom stereocenters. The van der Waals surface area contributed by atoms with Gasteiger partial charge in [-0.25, -0.2) is 9.97 Å². The van der Waals surface area contributed by atoms with E-state index in [1.807, 2.05) is 25.1 Å². The van der Waals surface area contributed by atoms with Crippen LogP contribution in [0.15, 0.2) is 79.0 Å². The van der Waals surface area contributed by atoms with E-state index >= 15 is 0 Å². The summed E-state index contributed by atoms with van der Waals surface area (Å²) in [5.41, 5.74) is -0.600. The van der Waals surface area contributed by atoms with Crippen LogP contribution in [0.3, 0.4) is 0 Å². The van der Waals surface area contributed by atoms with E-state index in [-0.39, 0.29) is 23.9 Å². The molecule has 1 aliphatic rings. The summed E-state index contributed by atoms with van der Waals surface area (Å²) >= 11 is 4.64. The Hall–Kier alpha value is -2.29. The van der Waals surface area contributed by atoms with Crippen molar-refractivity contribution >= 4 is 50.8 Å². The average molecular weight is 753 g/mol. The van der Waals surface area contributed by atoms with Gasteiger partial charge in [0.05, 0.1) is 12.5 Å². The van der Waals surface area contributed by atoms with Crippen LogP contribution in [0.5, 0.6) is 0 Å². The Morgan fingerprint density at radius 3 is 2.00 bits per heavy atom. The summed E-state index contributed by atoms with van der Waals surface area (Å²) in [5.74, 6) is -0.206. The minimum Gasteiger partial charge on any atom is -0.251 e. The van der Waals surface area contributed by atoms with Crippen molar-refractivity contribution in [3.63, 3.8) is 0 Å². The molecule has 0 bridgehead atoms. The lowest BCUT2D eigenvalue weighted by atomic mass is 9.94. The molecule has 1 aliphatic carbocycles. The van der Waals surface area contributed by atoms with Gasteiger partial charge in [0.25, 0.3) is 0 Å². The molecule has 0 aliphatic heterocycles. The molecule has 0 amide bonds. The van der Waals surface area contributed by atoms with E-state index in [2.05, 4.69) is 85.3 Å². The molecule has 0 saturated carbocycles. The molecule has 4 rings (SSSR count). The zero-order chi connectivity index (χ0) is 27.9. The smallest absolute Gasteiger partial charge is 0.251 e. The Kier molecular flexibility index (Phi) is 7.83. The lowest BCUT2D eigenvalue weighted by Crippen LogP contribution is -2.15. The number of allylic oxidation sites excluding steroid dienone is 6. The Morgan fingerprint density at radius 1 is 0.711 bits per heavy atom. The molecule has 0 radical (unpaired) electrons. The number of hydrogen-bond acceptors (Lipinski definition) is 3. The lowest BCUT2D eigenvalue weighted by molar-refractivity contribution is -0.141. The van der Waals surface area contributed by atoms with Crippen molar-refractivity contribution in [1.82, 2.24) is 15.0 Å². The molecule has 1 aromatic carbocycles. The normalized spacial score (nSPS) is 25.2. The zero-order valence-electron chi connectivity index (χ0n) is 19.9. The number of halogens is 8. The highest BCUT2D eigenvalue weighted by Gasteiger charge is 2.35. The van der Waals surface area contributed by atoms with Crippen molar-refractivity contribution in [2.75, 3.05) is 0 Å². The summed E-state index contributed by atoms with van der Waals surface area (Å²) in [6.45, 7) is 4.10. The van der Waals surface area contributed by atoms with Crippen LogP contribution >= 0.6 is 45.2 Å². The van der Waals surface area contributed by atoms with Crippen LogP contribution in [0.4, 0.5) is 26.3 Å². The molecule has 2 aromatic heterocycles. The van der Waals surface area contributed by atoms with E-state index in [4.69, 9.17) is 0 Å². The zero-order valence-corrected chi connectivity index (χ0v) is 24.2. The predicted molar refractivity (Wildman–Crippen MR) is 152 cm³/mol. The van der Waals surface area contributed by atoms with Crippen LogP contribution in [-0.4, -0.2) is 21.8 Å². The highest BCUT2D eigenvalue weighted by Crippen LogP contribution is 2.36. The third-order valence-corrected chi connectivity index (χ3v) is 6.97. The fraction of sp³-hybridized carbons (Fsp3) is 0.222. The van der Waals surface area contributed by atoms with Crippen molar-refractivity contribution in [1.29, 1.82) is 0 Å². The summed E-state index contributed by atoms with van der Waals surface area (Å²) in [4.78, 5) is 11.4. The lowest BCUT2D eigenvalue weighted by Gasteiger charge is -2.22. The van der Waals surface area contributed by atoms with Crippen LogP contribution in [-0.2, 0) is 12.4 Å². The molecular weight excluding hydrogens is 734 g/mol. The summed E-state index contributed by atoms with van der Waals surface area (Å²) in [6, 6.07) is 9.27. The van der Waals surface area contributed by atoms with E-state index in [1.54, 1.807) is 18.2 Å². The minimum atomic E-state index is -4.80. The minimum absolute atomic E-state index is 0.00256. The Balaban J connectivity index is 1.82. The molecule has 3 nitrogen and oxygen atoms in total. The predicted octanol–water partition coefficient (Wildman–Crippen LogP) is 9.14. The maximum Gasteiger partial charge on any atom is 0.433 e. The number of rotatable bonds is 3. The largest absolute Gasteiger partial charge is 0.433 e. The number of pyridine rings is 1. The fourth-order valence-corrected chi connectivity index (χ4v) is 4.51. The van der Waals surface area contributed by atoms with Crippen LogP contribution in [0.1, 0.15) is 30.8 Å². The standard InChI is InChI=1S/C27H19F6I2N3/c1-24(34)9-8-18(14-25(2,35)11-10-24)16-4-3-5-17(12-16)23-37-20(13-22(38-23)27(31,32)33)19-6-7-21(36-15-19)26(28,29)30/h3-15H,1-2H3/b9-8-,11-10-,18-14+. The second kappa shape index (κ2) is 10.4. The third-order valence-electron chi connectivity index (χ3n) is 5.58. The molecule has 0 spiro atoms. The van der Waals surface area contributed by atoms with E-state index in [9.17, 15) is 26.3 Å². The number of benzene rings is 1. The van der Waals surface area contributed by atoms with E-state index in [1.165, 1.54) is 0 Å². The van der Waals surface area contributed by atoms with Gasteiger partial charge in [-0.2, -0.15) is 26.3 Å². The summed E-state index contributed by atoms with van der Waals surface area (Å²) in [5, 5.41) is 0. The van der Waals surface area contributed by atoms with Crippen molar-refractivity contribution in [2.45, 2.75) is 33.0 Å². The number of aromatic nitrogens is 3. The summed E-state index contributed by atoms with van der Waals surface area (Å²) in [7, 11) is 0. The van der Waals surface area contributed by atoms with Gasteiger partial charge in [-0.15, -0.1) is 0 Å². The van der Waals surface area contributed by atoms with E-state index < -0.39 is 23.7 Å². The first-order chi connectivity index (χ1) is 17.5. The van der Waals surface area contributed by atoms with Gasteiger partial charge in [0.15, 0.2) is 5.82 Å². The third kappa shape index (κ3) is 7.01. The van der Waals surface area contributed by atoms with Crippen molar-refractivity contribution < 1.29 is 26.3 Å². The van der Waals surface area contributed by atoms with Crippen molar-refractivity contribution in [3.05, 3.63) is 96.0 Å². The number of nitrogens with zero attached hydrogens (tertiary/aromatic N) is 3. The highest BCUT2D eigenvalue weighted by atomic mass is 127. The Labute approximate surface area is 242 Å². The van der Waals surface area contributed by atoms with Gasteiger partial charge in [-0.3, -0.25) is 4.98 Å². The topological polar surface area (TPSA) is 38.7 Å². The second-order valence-corrected chi connectivity index (χ2v) is 13.7. The monoisotopic (exact) mass is 753 g/mol. The van der Waals surface area contributed by atoms with E-state index in [0.717, 1.165) is 23.4 Å². The van der Waals surface area contributed by atoms with Gasteiger partial charge in [0.2, 0.25) is 0 Å². The number of alkyl halides is 8. The Bertz CT molecular complexity index is 1440. The molecule has 2 atom stereocenters. The van der Waals surface area contributed by atoms with Gasteiger partial charge in [-0.05, 0) is 49.2 Å². The van der Waals surface area contributed by atoms with Gasteiger partial charge < -0.3 is 0 Å². The van der Waals surface area contributed by atoms with Crippen molar-refractivity contribution in [2.24, 2.45) is 0 Å². The van der Waals surface area contributed by atoms with Crippen LogP contribution in [0, 0.1) is 0 Å². The van der Waals surface area contributed by atoms with Gasteiger partial charge in [-0.1, -0.05) is 93.8 Å². The summed E-state index contributed by atoms with van der Waals surface area (Å²) < 4.78 is 79.4. The maximum atomic E-state index is 13.7. The summed E-state index contributed by atoms with van der Waals surface area (Å²) in [6.07, 6.45) is 1.63. The fourth-order valence-electron chi connectivity index (χ4n) is 3.63. The highest BCUT2D eigenvalue weighted by molar-refractivity contribution is 14.1. The molecule has 38 heavy (non-hydrogen) atoms. The van der Waals surface area contributed by atoms with Crippen molar-refractivity contribution in [3.8, 4) is 22.6 Å². The molecule has 11 heteroatoms. The average Bonchev–Trinajstić information content (AvgIpc) is 2.84. The van der Waals surface area contributed by atoms with Crippen LogP contribution in [0.2, 0.25) is 0 Å². The molecule has 3 aromatic rings. The maximum absolute atomic E-state index is 13.7. The van der Waals surface area contributed by atoms with E-state index in [0.29, 0.717) is 17.7 Å². The molecule has 0 N–H and O–H groups in total. The molecule has 198 valence electrons. The molecule has 0 saturated heterocycles. The molecular formula is C27H19F6I2N3. The quantitative estimate of drug-likeness (QED) is 0.116. The van der Waals surface area contributed by atoms with Gasteiger partial charge >= 0.3 is 12.4 Å². The number of hydrogen-bond donors (Lipinski definition) is 0. The second-order valence-electron chi connectivity index (χ2n) is 9.04. The molecule has 0 fully saturated rings. The Morgan fingerprint density at radius 2 is 1.37 bits per heavy atom. The van der Waals surface area contributed by atoms with Gasteiger partial charge in [0.1, 0.15) is 11.4 Å². The van der Waals surface area contributed by atoms with Crippen LogP contribution < -0.4 is 0 Å². The van der Waals surface area contributed by atoms with Crippen LogP contribution in [0.25, 0.3) is 28.2 Å². The molecule has 2 heterocycles. The first-order valence-electron chi connectivity index (χ1n) is 11.1. The SMILES string of the molecule is CC1(I)/C=C\C(c2cccc(-c3nc(-c4ccc(C(F)(F)F)nc4)cc(C(F)(F)F)n3)c2)=C/C(C)(I)/C=C\1.